The largest absolute Gasteiger partial charge is 0.456 e. The van der Waals surface area contributed by atoms with Gasteiger partial charge >= 0.3 is 0 Å². The Kier molecular flexibility index (Phi) is 6.10. The molecule has 0 aliphatic carbocycles. The fraction of sp³-hybridized carbons (Fsp3) is 0. The molecule has 0 spiro atoms. The molecule has 0 radical (unpaired) electrons. The van der Waals surface area contributed by atoms with Gasteiger partial charge in [0.25, 0.3) is 0 Å². The number of rotatable bonds is 3. The van der Waals surface area contributed by atoms with Crippen molar-refractivity contribution in [1.29, 1.82) is 5.26 Å². The van der Waals surface area contributed by atoms with Gasteiger partial charge in [-0.05, 0) is 90.0 Å². The molecule has 0 atom stereocenters. The van der Waals surface area contributed by atoms with E-state index in [9.17, 15) is 5.26 Å². The molecular weight excluding hydrogens is 689 g/mol. The van der Waals surface area contributed by atoms with E-state index >= 15 is 0 Å². The van der Waals surface area contributed by atoms with E-state index in [1.54, 1.807) is 0 Å². The first-order valence-corrected chi connectivity index (χ1v) is 18.4. The van der Waals surface area contributed by atoms with Gasteiger partial charge in [-0.25, -0.2) is 4.85 Å². The number of furan rings is 2. The molecule has 6 heteroatoms. The molecule has 0 saturated heterocycles. The molecule has 8 aromatic carbocycles. The van der Waals surface area contributed by atoms with Crippen LogP contribution in [0.3, 0.4) is 0 Å². The van der Waals surface area contributed by atoms with Crippen LogP contribution in [0.2, 0.25) is 0 Å². The van der Waals surface area contributed by atoms with E-state index in [2.05, 4.69) is 98.9 Å². The highest BCUT2D eigenvalue weighted by Crippen LogP contribution is 2.43. The highest BCUT2D eigenvalue weighted by Gasteiger charge is 2.20. The van der Waals surface area contributed by atoms with E-state index < -0.39 is 0 Å². The minimum Gasteiger partial charge on any atom is -0.456 e. The summed E-state index contributed by atoms with van der Waals surface area (Å²) in [4.78, 5) is 3.74. The second-order valence-corrected chi connectivity index (χ2v) is 14.4. The Morgan fingerprint density at radius 1 is 0.429 bits per heavy atom. The molecule has 56 heavy (non-hydrogen) atoms. The Morgan fingerprint density at radius 3 is 1.50 bits per heavy atom. The number of hydrogen-bond donors (Lipinski definition) is 0. The molecule has 0 fully saturated rings. The normalized spacial score (nSPS) is 11.9. The number of para-hydroxylation sites is 2. The summed E-state index contributed by atoms with van der Waals surface area (Å²) in [6.07, 6.45) is 0. The predicted octanol–water partition coefficient (Wildman–Crippen LogP) is 13.8. The van der Waals surface area contributed by atoms with Crippen LogP contribution < -0.4 is 0 Å². The molecule has 12 rings (SSSR count). The number of nitrogens with zero attached hydrogens (tertiary/aromatic N) is 4. The first-order valence-electron chi connectivity index (χ1n) is 18.4. The second-order valence-electron chi connectivity index (χ2n) is 14.4. The van der Waals surface area contributed by atoms with Crippen molar-refractivity contribution in [1.82, 2.24) is 9.13 Å². The molecule has 0 unspecified atom stereocenters. The lowest BCUT2D eigenvalue weighted by Gasteiger charge is -2.10. The van der Waals surface area contributed by atoms with Crippen LogP contribution in [0.1, 0.15) is 5.56 Å². The van der Waals surface area contributed by atoms with Crippen molar-refractivity contribution in [2.45, 2.75) is 0 Å². The van der Waals surface area contributed by atoms with Crippen LogP contribution in [-0.4, -0.2) is 9.13 Å². The maximum atomic E-state index is 9.80. The molecular formula is C50H26N4O2. The van der Waals surface area contributed by atoms with E-state index in [1.807, 2.05) is 78.9 Å². The van der Waals surface area contributed by atoms with Gasteiger partial charge in [-0.2, -0.15) is 5.26 Å². The van der Waals surface area contributed by atoms with Crippen molar-refractivity contribution in [3.05, 3.63) is 175 Å². The highest BCUT2D eigenvalue weighted by molar-refractivity contribution is 6.20. The van der Waals surface area contributed by atoms with Gasteiger partial charge in [-0.1, -0.05) is 66.7 Å². The number of hydrogen-bond acceptors (Lipinski definition) is 3. The summed E-state index contributed by atoms with van der Waals surface area (Å²) in [5.74, 6) is 0. The number of nitriles is 1. The molecule has 0 aliphatic heterocycles. The zero-order chi connectivity index (χ0) is 37.1. The molecule has 4 aromatic heterocycles. The SMILES string of the molecule is [C-]#[N+]c1cccc(-n2c3ccc(-c4ccc5c(c4)c4cc6c(cc4n5-c4cccc(C#N)c4)oc4ccccc46)cc3c3cc4c(cc32)oc2ccccc24)c1. The Hall–Kier alpha value is -8.06. The molecule has 0 bridgehead atoms. The summed E-state index contributed by atoms with van der Waals surface area (Å²) in [6, 6.07) is 56.3. The minimum atomic E-state index is 0.589. The number of fused-ring (bicyclic) bond motifs is 12. The molecule has 0 N–H and O–H groups in total. The lowest BCUT2D eigenvalue weighted by Crippen LogP contribution is -1.94. The van der Waals surface area contributed by atoms with Crippen LogP contribution in [0.15, 0.2) is 167 Å². The second kappa shape index (κ2) is 11.2. The number of benzene rings is 8. The van der Waals surface area contributed by atoms with Crippen LogP contribution in [0.25, 0.3) is 115 Å². The zero-order valence-electron chi connectivity index (χ0n) is 29.6. The molecule has 6 nitrogen and oxygen atoms in total. The van der Waals surface area contributed by atoms with Crippen LogP contribution in [0.4, 0.5) is 5.69 Å². The maximum absolute atomic E-state index is 9.80. The molecule has 0 aliphatic rings. The average Bonchev–Trinajstić information content (AvgIpc) is 3.98. The van der Waals surface area contributed by atoms with Gasteiger partial charge in [-0.3, -0.25) is 0 Å². The maximum Gasteiger partial charge on any atom is 0.189 e. The summed E-state index contributed by atoms with van der Waals surface area (Å²) in [7, 11) is 0. The lowest BCUT2D eigenvalue weighted by molar-refractivity contribution is 0.669. The summed E-state index contributed by atoms with van der Waals surface area (Å²) in [6.45, 7) is 7.71. The zero-order valence-corrected chi connectivity index (χ0v) is 29.6. The molecule has 4 heterocycles. The average molecular weight is 715 g/mol. The van der Waals surface area contributed by atoms with Gasteiger partial charge in [0.1, 0.15) is 22.3 Å². The van der Waals surface area contributed by atoms with Crippen LogP contribution in [0, 0.1) is 17.9 Å². The number of aromatic nitrogens is 2. The first kappa shape index (κ1) is 30.4. The summed E-state index contributed by atoms with van der Waals surface area (Å²) >= 11 is 0. The van der Waals surface area contributed by atoms with Crippen molar-refractivity contribution >= 4 is 93.2 Å². The molecule has 12 aromatic rings. The summed E-state index contributed by atoms with van der Waals surface area (Å²) in [5.41, 5.74) is 12.7. The fourth-order valence-corrected chi connectivity index (χ4v) is 8.81. The van der Waals surface area contributed by atoms with Gasteiger partial charge in [0.15, 0.2) is 5.69 Å². The van der Waals surface area contributed by atoms with Crippen molar-refractivity contribution in [3.63, 3.8) is 0 Å². The Morgan fingerprint density at radius 2 is 0.946 bits per heavy atom. The van der Waals surface area contributed by atoms with Gasteiger partial charge in [0, 0.05) is 66.6 Å². The summed E-state index contributed by atoms with van der Waals surface area (Å²) in [5, 5.41) is 18.5. The van der Waals surface area contributed by atoms with E-state index in [-0.39, 0.29) is 0 Å². The third-order valence-electron chi connectivity index (χ3n) is 11.3. The molecule has 0 amide bonds. The van der Waals surface area contributed by atoms with E-state index in [0.717, 1.165) is 110 Å². The van der Waals surface area contributed by atoms with Gasteiger partial charge < -0.3 is 18.0 Å². The minimum absolute atomic E-state index is 0.589. The van der Waals surface area contributed by atoms with Gasteiger partial charge in [-0.15, -0.1) is 0 Å². The first-order chi connectivity index (χ1) is 27.6. The standard InChI is InChI=1S/C50H26N4O2/c1-52-32-9-7-11-34(23-32)54-44-19-17-31(22-38(44)40-25-42-36-13-3-5-15-48(36)56-50(42)27-46(40)54)30-16-18-43-37(21-30)39-24-41-35-12-2-4-14-47(35)55-49(41)26-45(39)53(43)33-10-6-8-29(20-33)28-51/h2-27H. The van der Waals surface area contributed by atoms with Crippen molar-refractivity contribution in [3.8, 4) is 28.6 Å². The monoisotopic (exact) mass is 714 g/mol. The van der Waals surface area contributed by atoms with E-state index in [4.69, 9.17) is 15.4 Å². The Labute approximate surface area is 318 Å². The highest BCUT2D eigenvalue weighted by atomic mass is 16.3. The van der Waals surface area contributed by atoms with Crippen LogP contribution in [0.5, 0.6) is 0 Å². The van der Waals surface area contributed by atoms with E-state index in [0.29, 0.717) is 11.3 Å². The smallest absolute Gasteiger partial charge is 0.189 e. The summed E-state index contributed by atoms with van der Waals surface area (Å²) < 4.78 is 17.2. The van der Waals surface area contributed by atoms with Crippen molar-refractivity contribution < 1.29 is 8.83 Å². The third-order valence-corrected chi connectivity index (χ3v) is 11.3. The molecule has 0 saturated carbocycles. The van der Waals surface area contributed by atoms with Gasteiger partial charge in [0.2, 0.25) is 0 Å². The van der Waals surface area contributed by atoms with Crippen molar-refractivity contribution in [2.75, 3.05) is 0 Å². The van der Waals surface area contributed by atoms with Crippen molar-refractivity contribution in [2.24, 2.45) is 0 Å². The van der Waals surface area contributed by atoms with Gasteiger partial charge in [0.05, 0.1) is 40.3 Å². The predicted molar refractivity (Wildman–Crippen MR) is 226 cm³/mol. The van der Waals surface area contributed by atoms with Crippen LogP contribution >= 0.6 is 0 Å². The van der Waals surface area contributed by atoms with Crippen LogP contribution in [-0.2, 0) is 0 Å². The third kappa shape index (κ3) is 4.24. The topological polar surface area (TPSA) is 64.3 Å². The fourth-order valence-electron chi connectivity index (χ4n) is 8.81. The Bertz CT molecular complexity index is 3500. The van der Waals surface area contributed by atoms with E-state index in [1.165, 1.54) is 0 Å². The lowest BCUT2D eigenvalue weighted by atomic mass is 10.00. The Balaban J connectivity index is 1.13. The quantitative estimate of drug-likeness (QED) is 0.171. The molecule has 258 valence electrons.